The fourth-order valence-electron chi connectivity index (χ4n) is 2.57. The van der Waals surface area contributed by atoms with Crippen LogP contribution in [0.1, 0.15) is 24.7 Å². The summed E-state index contributed by atoms with van der Waals surface area (Å²) < 4.78 is 10.8. The molecular weight excluding hydrogens is 290 g/mol. The summed E-state index contributed by atoms with van der Waals surface area (Å²) in [7, 11) is 1.68. The first-order valence-electron chi connectivity index (χ1n) is 7.95. The van der Waals surface area contributed by atoms with Crippen LogP contribution in [0.4, 0.5) is 0 Å². The summed E-state index contributed by atoms with van der Waals surface area (Å²) in [4.78, 5) is 2.21. The summed E-state index contributed by atoms with van der Waals surface area (Å²) in [5.41, 5.74) is 1.05. The lowest BCUT2D eigenvalue weighted by Gasteiger charge is -2.27. The topological polar surface area (TPSA) is 45.8 Å². The number of nitrogens with zero attached hydrogens (tertiary/aromatic N) is 1. The van der Waals surface area contributed by atoms with Gasteiger partial charge in [0.15, 0.2) is 0 Å². The van der Waals surface area contributed by atoms with E-state index in [2.05, 4.69) is 24.0 Å². The molecule has 1 atom stereocenters. The first-order chi connectivity index (χ1) is 11.3. The molecule has 1 aromatic heterocycles. The van der Waals surface area contributed by atoms with Gasteiger partial charge in [-0.05, 0) is 24.6 Å². The van der Waals surface area contributed by atoms with E-state index in [1.165, 1.54) is 0 Å². The molecule has 1 heterocycles. The van der Waals surface area contributed by atoms with Crippen LogP contribution in [0.15, 0.2) is 53.2 Å². The normalized spacial score (nSPS) is 12.9. The van der Waals surface area contributed by atoms with Crippen LogP contribution in [0, 0.1) is 0 Å². The molecule has 0 saturated carbocycles. The fourth-order valence-corrected chi connectivity index (χ4v) is 2.57. The SMILES string of the molecule is CC[C@H](CO)N(C/C=C/c1ccccc1OC)Cc1ccco1. The Hall–Kier alpha value is -2.04. The highest BCUT2D eigenvalue weighted by molar-refractivity contribution is 5.57. The molecule has 0 aliphatic carbocycles. The molecule has 0 aliphatic rings. The minimum Gasteiger partial charge on any atom is -0.496 e. The largest absolute Gasteiger partial charge is 0.496 e. The highest BCUT2D eigenvalue weighted by Gasteiger charge is 2.16. The maximum atomic E-state index is 9.61. The molecule has 1 N–H and O–H groups in total. The minimum atomic E-state index is 0.113. The van der Waals surface area contributed by atoms with Gasteiger partial charge in [-0.15, -0.1) is 0 Å². The predicted octanol–water partition coefficient (Wildman–Crippen LogP) is 3.57. The van der Waals surface area contributed by atoms with Gasteiger partial charge in [-0.1, -0.05) is 37.3 Å². The van der Waals surface area contributed by atoms with Gasteiger partial charge in [0.1, 0.15) is 11.5 Å². The number of hydrogen-bond donors (Lipinski definition) is 1. The quantitative estimate of drug-likeness (QED) is 0.768. The van der Waals surface area contributed by atoms with E-state index < -0.39 is 0 Å². The summed E-state index contributed by atoms with van der Waals surface area (Å²) >= 11 is 0. The van der Waals surface area contributed by atoms with Crippen molar-refractivity contribution < 1.29 is 14.3 Å². The Morgan fingerprint density at radius 3 is 2.74 bits per heavy atom. The van der Waals surface area contributed by atoms with Gasteiger partial charge in [-0.3, -0.25) is 4.90 Å². The molecule has 0 amide bonds. The van der Waals surface area contributed by atoms with Crippen molar-refractivity contribution in [3.63, 3.8) is 0 Å². The number of furan rings is 1. The lowest BCUT2D eigenvalue weighted by atomic mass is 10.1. The molecule has 0 radical (unpaired) electrons. The van der Waals surface area contributed by atoms with Gasteiger partial charge < -0.3 is 14.3 Å². The first-order valence-corrected chi connectivity index (χ1v) is 7.95. The van der Waals surface area contributed by atoms with E-state index in [1.54, 1.807) is 13.4 Å². The Bertz CT molecular complexity index is 588. The second-order valence-electron chi connectivity index (χ2n) is 5.40. The van der Waals surface area contributed by atoms with Gasteiger partial charge in [-0.25, -0.2) is 0 Å². The number of aliphatic hydroxyl groups is 1. The predicted molar refractivity (Wildman–Crippen MR) is 92.3 cm³/mol. The molecule has 4 nitrogen and oxygen atoms in total. The van der Waals surface area contributed by atoms with E-state index >= 15 is 0 Å². The highest BCUT2D eigenvalue weighted by Crippen LogP contribution is 2.19. The number of aliphatic hydroxyl groups excluding tert-OH is 1. The Morgan fingerprint density at radius 1 is 1.26 bits per heavy atom. The molecule has 2 rings (SSSR count). The molecule has 0 bridgehead atoms. The van der Waals surface area contributed by atoms with E-state index in [1.807, 2.05) is 36.4 Å². The molecular formula is C19H25NO3. The van der Waals surface area contributed by atoms with Crippen molar-refractivity contribution in [2.75, 3.05) is 20.3 Å². The zero-order chi connectivity index (χ0) is 16.5. The average Bonchev–Trinajstić information content (AvgIpc) is 3.09. The third-order valence-electron chi connectivity index (χ3n) is 3.91. The van der Waals surface area contributed by atoms with E-state index in [4.69, 9.17) is 9.15 Å². The molecule has 4 heteroatoms. The van der Waals surface area contributed by atoms with Crippen LogP contribution in [0.2, 0.25) is 0 Å². The number of rotatable bonds is 9. The monoisotopic (exact) mass is 315 g/mol. The zero-order valence-corrected chi connectivity index (χ0v) is 13.8. The van der Waals surface area contributed by atoms with Crippen LogP contribution in [0.5, 0.6) is 5.75 Å². The molecule has 0 unspecified atom stereocenters. The van der Waals surface area contributed by atoms with Gasteiger partial charge in [0.05, 0.1) is 26.5 Å². The number of hydrogen-bond acceptors (Lipinski definition) is 4. The number of para-hydroxylation sites is 1. The van der Waals surface area contributed by atoms with Gasteiger partial charge >= 0.3 is 0 Å². The third-order valence-corrected chi connectivity index (χ3v) is 3.91. The number of methoxy groups -OCH3 is 1. The van der Waals surface area contributed by atoms with E-state index in [-0.39, 0.29) is 12.6 Å². The Balaban J connectivity index is 2.06. The van der Waals surface area contributed by atoms with Crippen molar-refractivity contribution in [2.24, 2.45) is 0 Å². The standard InChI is InChI=1S/C19H25NO3/c1-3-17(15-21)20(14-18-10-7-13-23-18)12-6-9-16-8-4-5-11-19(16)22-2/h4-11,13,17,21H,3,12,14-15H2,1-2H3/b9-6+/t17-/m1/s1. The first kappa shape index (κ1) is 17.3. The zero-order valence-electron chi connectivity index (χ0n) is 13.8. The maximum absolute atomic E-state index is 9.61. The minimum absolute atomic E-state index is 0.113. The van der Waals surface area contributed by atoms with Gasteiger partial charge in [0.2, 0.25) is 0 Å². The van der Waals surface area contributed by atoms with Crippen molar-refractivity contribution >= 4 is 6.08 Å². The third kappa shape index (κ3) is 4.98. The van der Waals surface area contributed by atoms with E-state index in [0.717, 1.165) is 30.0 Å². The Morgan fingerprint density at radius 2 is 2.09 bits per heavy atom. The molecule has 23 heavy (non-hydrogen) atoms. The van der Waals surface area contributed by atoms with E-state index in [0.29, 0.717) is 6.54 Å². The molecule has 2 aromatic rings. The van der Waals surface area contributed by atoms with Crippen LogP contribution in [0.3, 0.4) is 0 Å². The second kappa shape index (κ2) is 9.18. The van der Waals surface area contributed by atoms with Gasteiger partial charge in [-0.2, -0.15) is 0 Å². The summed E-state index contributed by atoms with van der Waals surface area (Å²) in [6, 6.07) is 11.9. The molecule has 1 aromatic carbocycles. The van der Waals surface area contributed by atoms with Crippen LogP contribution in [-0.2, 0) is 6.54 Å². The van der Waals surface area contributed by atoms with Crippen molar-refractivity contribution in [1.82, 2.24) is 4.90 Å². The van der Waals surface area contributed by atoms with Crippen LogP contribution < -0.4 is 4.74 Å². The van der Waals surface area contributed by atoms with Crippen molar-refractivity contribution in [2.45, 2.75) is 25.9 Å². The summed E-state index contributed by atoms with van der Waals surface area (Å²) in [5, 5.41) is 9.61. The smallest absolute Gasteiger partial charge is 0.126 e. The summed E-state index contributed by atoms with van der Waals surface area (Å²) in [5.74, 6) is 1.76. The van der Waals surface area contributed by atoms with Crippen molar-refractivity contribution in [1.29, 1.82) is 0 Å². The van der Waals surface area contributed by atoms with Crippen LogP contribution in [0.25, 0.3) is 6.08 Å². The number of ether oxygens (including phenoxy) is 1. The second-order valence-corrected chi connectivity index (χ2v) is 5.40. The van der Waals surface area contributed by atoms with Crippen molar-refractivity contribution in [3.8, 4) is 5.75 Å². The molecule has 0 aliphatic heterocycles. The maximum Gasteiger partial charge on any atom is 0.126 e. The Labute approximate surface area is 138 Å². The van der Waals surface area contributed by atoms with Crippen LogP contribution >= 0.6 is 0 Å². The highest BCUT2D eigenvalue weighted by atomic mass is 16.5. The number of benzene rings is 1. The van der Waals surface area contributed by atoms with Crippen molar-refractivity contribution in [3.05, 3.63) is 60.1 Å². The molecule has 0 fully saturated rings. The van der Waals surface area contributed by atoms with Gasteiger partial charge in [0, 0.05) is 18.2 Å². The molecule has 0 saturated heterocycles. The van der Waals surface area contributed by atoms with E-state index in [9.17, 15) is 5.11 Å². The lowest BCUT2D eigenvalue weighted by Crippen LogP contribution is -2.37. The fraction of sp³-hybridized carbons (Fsp3) is 0.368. The lowest BCUT2D eigenvalue weighted by molar-refractivity contribution is 0.118. The molecule has 0 spiro atoms. The molecule has 124 valence electrons. The Kier molecular flexibility index (Phi) is 6.91. The average molecular weight is 315 g/mol. The van der Waals surface area contributed by atoms with Gasteiger partial charge in [0.25, 0.3) is 0 Å². The summed E-state index contributed by atoms with van der Waals surface area (Å²) in [6.45, 7) is 3.64. The summed E-state index contributed by atoms with van der Waals surface area (Å²) in [6.07, 6.45) is 6.72. The van der Waals surface area contributed by atoms with Crippen LogP contribution in [-0.4, -0.2) is 36.3 Å².